The van der Waals surface area contributed by atoms with E-state index < -0.39 is 0 Å². The molecule has 1 saturated heterocycles. The Kier molecular flexibility index (Phi) is 5.21. The normalized spacial score (nSPS) is 24.1. The standard InChI is InChI=1S/C14H22N2O2/c1-5-7-9-16-12(10(3)4)13(17)15-11(8-6-2)14(16)18/h1,10-12H,6-9H2,2-4H3,(H,15,17). The predicted octanol–water partition coefficient (Wildman–Crippen LogP) is 1.16. The second-order valence-electron chi connectivity index (χ2n) is 5.02. The number of rotatable bonds is 5. The molecule has 1 aliphatic rings. The van der Waals surface area contributed by atoms with Crippen molar-refractivity contribution in [2.45, 2.75) is 52.1 Å². The molecule has 0 aromatic heterocycles. The van der Waals surface area contributed by atoms with Crippen LogP contribution in [-0.2, 0) is 9.59 Å². The van der Waals surface area contributed by atoms with Crippen molar-refractivity contribution in [3.8, 4) is 12.3 Å². The Hall–Kier alpha value is -1.50. The molecule has 1 N–H and O–H groups in total. The molecule has 0 radical (unpaired) electrons. The summed E-state index contributed by atoms with van der Waals surface area (Å²) in [6, 6.07) is -0.769. The Morgan fingerprint density at radius 3 is 2.61 bits per heavy atom. The third kappa shape index (κ3) is 3.04. The lowest BCUT2D eigenvalue weighted by molar-refractivity contribution is -0.151. The number of amides is 2. The highest BCUT2D eigenvalue weighted by molar-refractivity contribution is 5.97. The van der Waals surface area contributed by atoms with E-state index in [2.05, 4.69) is 11.2 Å². The number of terminal acetylenes is 1. The van der Waals surface area contributed by atoms with E-state index in [1.807, 2.05) is 20.8 Å². The minimum Gasteiger partial charge on any atom is -0.342 e. The van der Waals surface area contributed by atoms with Crippen molar-refractivity contribution in [2.75, 3.05) is 6.54 Å². The summed E-state index contributed by atoms with van der Waals surface area (Å²) in [6.45, 7) is 6.35. The zero-order chi connectivity index (χ0) is 13.7. The predicted molar refractivity (Wildman–Crippen MR) is 70.6 cm³/mol. The molecule has 0 saturated carbocycles. The van der Waals surface area contributed by atoms with Crippen molar-refractivity contribution in [3.63, 3.8) is 0 Å². The molecule has 18 heavy (non-hydrogen) atoms. The number of hydrogen-bond acceptors (Lipinski definition) is 2. The summed E-state index contributed by atoms with van der Waals surface area (Å²) in [7, 11) is 0. The lowest BCUT2D eigenvalue weighted by atomic mass is 9.95. The number of nitrogens with one attached hydrogen (secondary N) is 1. The highest BCUT2D eigenvalue weighted by Crippen LogP contribution is 2.19. The van der Waals surface area contributed by atoms with Crippen molar-refractivity contribution in [1.29, 1.82) is 0 Å². The lowest BCUT2D eigenvalue weighted by Crippen LogP contribution is -2.64. The molecule has 2 atom stereocenters. The van der Waals surface area contributed by atoms with Gasteiger partial charge in [-0.25, -0.2) is 0 Å². The molecule has 0 aromatic rings. The Balaban J connectivity index is 2.90. The number of carbonyl (C=O) groups excluding carboxylic acids is 2. The third-order valence-corrected chi connectivity index (χ3v) is 3.21. The van der Waals surface area contributed by atoms with Crippen LogP contribution in [0.25, 0.3) is 0 Å². The van der Waals surface area contributed by atoms with Crippen LogP contribution in [0.4, 0.5) is 0 Å². The number of hydrogen-bond donors (Lipinski definition) is 1. The summed E-state index contributed by atoms with van der Waals surface area (Å²) in [5.74, 6) is 2.57. The Morgan fingerprint density at radius 1 is 1.44 bits per heavy atom. The van der Waals surface area contributed by atoms with E-state index in [0.29, 0.717) is 19.4 Å². The number of carbonyl (C=O) groups is 2. The molecule has 1 aliphatic heterocycles. The molecule has 0 aromatic carbocycles. The van der Waals surface area contributed by atoms with Gasteiger partial charge in [0.05, 0.1) is 0 Å². The molecule has 2 unspecified atom stereocenters. The van der Waals surface area contributed by atoms with Gasteiger partial charge in [0.15, 0.2) is 0 Å². The van der Waals surface area contributed by atoms with Crippen molar-refractivity contribution in [3.05, 3.63) is 0 Å². The molecule has 1 rings (SSSR count). The zero-order valence-corrected chi connectivity index (χ0v) is 11.4. The van der Waals surface area contributed by atoms with Crippen LogP contribution in [0.3, 0.4) is 0 Å². The molecule has 4 heteroatoms. The molecule has 1 heterocycles. The minimum absolute atomic E-state index is 0.00500. The van der Waals surface area contributed by atoms with Crippen LogP contribution in [0.5, 0.6) is 0 Å². The Bertz CT molecular complexity index is 357. The average Bonchev–Trinajstić information content (AvgIpc) is 2.31. The molecular weight excluding hydrogens is 228 g/mol. The van der Waals surface area contributed by atoms with Gasteiger partial charge in [0.25, 0.3) is 0 Å². The first-order valence-electron chi connectivity index (χ1n) is 6.57. The molecule has 4 nitrogen and oxygen atoms in total. The molecule has 2 amide bonds. The fourth-order valence-corrected chi connectivity index (χ4v) is 2.38. The SMILES string of the molecule is C#CCCN1C(=O)C(CCC)NC(=O)C1C(C)C. The molecule has 0 bridgehead atoms. The van der Waals surface area contributed by atoms with E-state index in [4.69, 9.17) is 6.42 Å². The van der Waals surface area contributed by atoms with Gasteiger partial charge in [0.2, 0.25) is 11.8 Å². The maximum atomic E-state index is 12.3. The first-order valence-corrected chi connectivity index (χ1v) is 6.57. The second-order valence-corrected chi connectivity index (χ2v) is 5.02. The molecule has 1 fully saturated rings. The van der Waals surface area contributed by atoms with E-state index in [1.165, 1.54) is 0 Å². The summed E-state index contributed by atoms with van der Waals surface area (Å²) in [5.41, 5.74) is 0. The Morgan fingerprint density at radius 2 is 2.11 bits per heavy atom. The fraction of sp³-hybridized carbons (Fsp3) is 0.714. The van der Waals surface area contributed by atoms with E-state index >= 15 is 0 Å². The summed E-state index contributed by atoms with van der Waals surface area (Å²) in [6.07, 6.45) is 7.29. The third-order valence-electron chi connectivity index (χ3n) is 3.21. The highest BCUT2D eigenvalue weighted by atomic mass is 16.2. The van der Waals surface area contributed by atoms with Crippen LogP contribution in [0.1, 0.15) is 40.0 Å². The maximum absolute atomic E-state index is 12.3. The van der Waals surface area contributed by atoms with Gasteiger partial charge in [-0.1, -0.05) is 27.2 Å². The molecular formula is C14H22N2O2. The van der Waals surface area contributed by atoms with Crippen LogP contribution < -0.4 is 5.32 Å². The lowest BCUT2D eigenvalue weighted by Gasteiger charge is -2.40. The van der Waals surface area contributed by atoms with E-state index in [1.54, 1.807) is 4.90 Å². The van der Waals surface area contributed by atoms with Crippen LogP contribution >= 0.6 is 0 Å². The van der Waals surface area contributed by atoms with Crippen LogP contribution in [-0.4, -0.2) is 35.3 Å². The van der Waals surface area contributed by atoms with Crippen molar-refractivity contribution in [2.24, 2.45) is 5.92 Å². The average molecular weight is 250 g/mol. The van der Waals surface area contributed by atoms with Gasteiger partial charge in [-0.15, -0.1) is 12.3 Å². The first-order chi connectivity index (χ1) is 8.52. The second kappa shape index (κ2) is 6.44. The van der Waals surface area contributed by atoms with Crippen molar-refractivity contribution >= 4 is 11.8 Å². The van der Waals surface area contributed by atoms with E-state index in [-0.39, 0.29) is 29.8 Å². The summed E-state index contributed by atoms with van der Waals surface area (Å²) in [5, 5.41) is 2.82. The summed E-state index contributed by atoms with van der Waals surface area (Å²) >= 11 is 0. The molecule has 0 aliphatic carbocycles. The maximum Gasteiger partial charge on any atom is 0.245 e. The number of nitrogens with zero attached hydrogens (tertiary/aromatic N) is 1. The first kappa shape index (κ1) is 14.6. The van der Waals surface area contributed by atoms with Crippen LogP contribution in [0.2, 0.25) is 0 Å². The fourth-order valence-electron chi connectivity index (χ4n) is 2.38. The van der Waals surface area contributed by atoms with Crippen LogP contribution in [0, 0.1) is 18.3 Å². The molecule has 100 valence electrons. The van der Waals surface area contributed by atoms with Gasteiger partial charge < -0.3 is 10.2 Å². The van der Waals surface area contributed by atoms with Gasteiger partial charge in [0.1, 0.15) is 12.1 Å². The quantitative estimate of drug-likeness (QED) is 0.744. The Labute approximate surface area is 109 Å². The zero-order valence-electron chi connectivity index (χ0n) is 11.4. The summed E-state index contributed by atoms with van der Waals surface area (Å²) < 4.78 is 0. The highest BCUT2D eigenvalue weighted by Gasteiger charge is 2.40. The smallest absolute Gasteiger partial charge is 0.245 e. The van der Waals surface area contributed by atoms with Crippen molar-refractivity contribution in [1.82, 2.24) is 10.2 Å². The monoisotopic (exact) mass is 250 g/mol. The van der Waals surface area contributed by atoms with Gasteiger partial charge in [-0.3, -0.25) is 9.59 Å². The van der Waals surface area contributed by atoms with Gasteiger partial charge in [-0.05, 0) is 12.3 Å². The van der Waals surface area contributed by atoms with Crippen LogP contribution in [0.15, 0.2) is 0 Å². The largest absolute Gasteiger partial charge is 0.342 e. The van der Waals surface area contributed by atoms with Gasteiger partial charge in [-0.2, -0.15) is 0 Å². The molecule has 0 spiro atoms. The van der Waals surface area contributed by atoms with E-state index in [9.17, 15) is 9.59 Å². The topological polar surface area (TPSA) is 49.4 Å². The van der Waals surface area contributed by atoms with Crippen molar-refractivity contribution < 1.29 is 9.59 Å². The van der Waals surface area contributed by atoms with E-state index in [0.717, 1.165) is 6.42 Å². The minimum atomic E-state index is -0.390. The summed E-state index contributed by atoms with van der Waals surface area (Å²) in [4.78, 5) is 26.1. The van der Waals surface area contributed by atoms with Gasteiger partial charge >= 0.3 is 0 Å². The number of piperazine rings is 1. The van der Waals surface area contributed by atoms with Gasteiger partial charge in [0, 0.05) is 13.0 Å².